The van der Waals surface area contributed by atoms with Gasteiger partial charge >= 0.3 is 5.97 Å². The predicted octanol–water partition coefficient (Wildman–Crippen LogP) is 1.65. The van der Waals surface area contributed by atoms with Gasteiger partial charge in [-0.1, -0.05) is 0 Å². The van der Waals surface area contributed by atoms with Gasteiger partial charge in [-0.15, -0.1) is 0 Å². The molecule has 0 saturated carbocycles. The number of nitrogens with one attached hydrogen (secondary N) is 1. The molecule has 2 rings (SSSR count). The van der Waals surface area contributed by atoms with Crippen LogP contribution in [0.2, 0.25) is 0 Å². The van der Waals surface area contributed by atoms with Crippen molar-refractivity contribution >= 4 is 5.97 Å². The number of carbonyl (C=O) groups is 1. The molecule has 5 heteroatoms. The summed E-state index contributed by atoms with van der Waals surface area (Å²) in [5, 5.41) is 12.2. The molecule has 0 radical (unpaired) electrons. The first-order valence-corrected chi connectivity index (χ1v) is 5.57. The number of hydrogen-bond acceptors (Lipinski definition) is 3. The summed E-state index contributed by atoms with van der Waals surface area (Å²) in [5.41, 5.74) is -0.122. The lowest BCUT2D eigenvalue weighted by molar-refractivity contribution is 0.0686. The van der Waals surface area contributed by atoms with Crippen LogP contribution in [0, 0.1) is 5.82 Å². The van der Waals surface area contributed by atoms with E-state index < -0.39 is 11.8 Å². The number of carboxylic acid groups (broad SMARTS) is 1. The minimum absolute atomic E-state index is 0.000175. The summed E-state index contributed by atoms with van der Waals surface area (Å²) in [6, 6.07) is 3.57. The van der Waals surface area contributed by atoms with Crippen molar-refractivity contribution in [1.82, 2.24) is 5.32 Å². The number of halogens is 1. The zero-order valence-corrected chi connectivity index (χ0v) is 9.28. The molecule has 1 saturated heterocycles. The molecular formula is C12H14FNO3. The van der Waals surface area contributed by atoms with Crippen LogP contribution < -0.4 is 10.1 Å². The summed E-state index contributed by atoms with van der Waals surface area (Å²) in [6.07, 6.45) is 1.66. The van der Waals surface area contributed by atoms with Gasteiger partial charge in [0.1, 0.15) is 23.2 Å². The Kier molecular flexibility index (Phi) is 3.58. The number of rotatable bonds is 3. The Hall–Kier alpha value is -1.62. The Balaban J connectivity index is 2.16. The summed E-state index contributed by atoms with van der Waals surface area (Å²) in [6.45, 7) is 1.71. The quantitative estimate of drug-likeness (QED) is 0.842. The van der Waals surface area contributed by atoms with E-state index in [2.05, 4.69) is 5.32 Å². The molecule has 0 atom stereocenters. The van der Waals surface area contributed by atoms with Gasteiger partial charge in [0.05, 0.1) is 0 Å². The smallest absolute Gasteiger partial charge is 0.339 e. The van der Waals surface area contributed by atoms with E-state index in [0.717, 1.165) is 32.0 Å². The third kappa shape index (κ3) is 2.94. The van der Waals surface area contributed by atoms with Crippen LogP contribution in [0.5, 0.6) is 5.75 Å². The van der Waals surface area contributed by atoms with Crippen LogP contribution in [-0.4, -0.2) is 30.3 Å². The Labute approximate surface area is 98.4 Å². The van der Waals surface area contributed by atoms with Crippen LogP contribution in [-0.2, 0) is 0 Å². The lowest BCUT2D eigenvalue weighted by Gasteiger charge is -2.24. The molecule has 0 aliphatic carbocycles. The maximum absolute atomic E-state index is 13.0. The van der Waals surface area contributed by atoms with E-state index in [1.807, 2.05) is 0 Å². The highest BCUT2D eigenvalue weighted by atomic mass is 19.1. The lowest BCUT2D eigenvalue weighted by atomic mass is 10.1. The summed E-state index contributed by atoms with van der Waals surface area (Å²) < 4.78 is 18.6. The van der Waals surface area contributed by atoms with Gasteiger partial charge < -0.3 is 15.2 Å². The summed E-state index contributed by atoms with van der Waals surface area (Å²) in [7, 11) is 0. The van der Waals surface area contributed by atoms with E-state index in [4.69, 9.17) is 9.84 Å². The number of hydrogen-bond donors (Lipinski definition) is 2. The van der Waals surface area contributed by atoms with Gasteiger partial charge in [-0.3, -0.25) is 0 Å². The van der Waals surface area contributed by atoms with Gasteiger partial charge in [0.15, 0.2) is 0 Å². The second kappa shape index (κ2) is 5.14. The first-order chi connectivity index (χ1) is 8.16. The maximum Gasteiger partial charge on any atom is 0.339 e. The molecule has 0 unspecified atom stereocenters. The Morgan fingerprint density at radius 3 is 2.76 bits per heavy atom. The molecule has 92 valence electrons. The average molecular weight is 239 g/mol. The highest BCUT2D eigenvalue weighted by Gasteiger charge is 2.18. The monoisotopic (exact) mass is 239 g/mol. The van der Waals surface area contributed by atoms with Crippen molar-refractivity contribution in [3.63, 3.8) is 0 Å². The molecule has 1 aromatic rings. The molecule has 1 fully saturated rings. The second-order valence-electron chi connectivity index (χ2n) is 4.01. The molecule has 2 N–H and O–H groups in total. The minimum Gasteiger partial charge on any atom is -0.489 e. The van der Waals surface area contributed by atoms with Gasteiger partial charge in [-0.05, 0) is 44.1 Å². The largest absolute Gasteiger partial charge is 0.489 e. The fraction of sp³-hybridized carbons (Fsp3) is 0.417. The van der Waals surface area contributed by atoms with Crippen LogP contribution in [0.1, 0.15) is 23.2 Å². The molecule has 1 heterocycles. The van der Waals surface area contributed by atoms with Gasteiger partial charge in [-0.25, -0.2) is 9.18 Å². The zero-order valence-electron chi connectivity index (χ0n) is 9.28. The average Bonchev–Trinajstić information content (AvgIpc) is 2.32. The van der Waals surface area contributed by atoms with E-state index >= 15 is 0 Å². The highest BCUT2D eigenvalue weighted by molar-refractivity contribution is 5.90. The van der Waals surface area contributed by atoms with E-state index in [1.54, 1.807) is 0 Å². The van der Waals surface area contributed by atoms with Crippen molar-refractivity contribution in [2.45, 2.75) is 18.9 Å². The van der Waals surface area contributed by atoms with Crippen LogP contribution in [0.4, 0.5) is 4.39 Å². The first-order valence-electron chi connectivity index (χ1n) is 5.57. The topological polar surface area (TPSA) is 58.6 Å². The Morgan fingerprint density at radius 2 is 2.12 bits per heavy atom. The molecule has 0 bridgehead atoms. The molecule has 1 aliphatic heterocycles. The van der Waals surface area contributed by atoms with Crippen molar-refractivity contribution in [3.05, 3.63) is 29.6 Å². The third-order valence-corrected chi connectivity index (χ3v) is 2.75. The maximum atomic E-state index is 13.0. The van der Waals surface area contributed by atoms with Gasteiger partial charge in [0.25, 0.3) is 0 Å². The Morgan fingerprint density at radius 1 is 1.41 bits per heavy atom. The van der Waals surface area contributed by atoms with Crippen molar-refractivity contribution in [2.75, 3.05) is 13.1 Å². The van der Waals surface area contributed by atoms with E-state index in [0.29, 0.717) is 0 Å². The number of aromatic carboxylic acids is 1. The fourth-order valence-electron chi connectivity index (χ4n) is 1.86. The van der Waals surface area contributed by atoms with Crippen molar-refractivity contribution in [2.24, 2.45) is 0 Å². The predicted molar refractivity (Wildman–Crippen MR) is 59.9 cm³/mol. The van der Waals surface area contributed by atoms with Crippen molar-refractivity contribution in [1.29, 1.82) is 0 Å². The molecule has 0 amide bonds. The molecule has 17 heavy (non-hydrogen) atoms. The number of carboxylic acids is 1. The normalized spacial score (nSPS) is 16.8. The molecule has 1 aliphatic rings. The van der Waals surface area contributed by atoms with E-state index in [1.165, 1.54) is 12.1 Å². The van der Waals surface area contributed by atoms with E-state index in [-0.39, 0.29) is 17.4 Å². The lowest BCUT2D eigenvalue weighted by Crippen LogP contribution is -2.34. The zero-order chi connectivity index (χ0) is 12.3. The third-order valence-electron chi connectivity index (χ3n) is 2.75. The van der Waals surface area contributed by atoms with Crippen molar-refractivity contribution in [3.8, 4) is 5.75 Å². The first kappa shape index (κ1) is 11.9. The van der Waals surface area contributed by atoms with Crippen molar-refractivity contribution < 1.29 is 19.0 Å². The molecule has 4 nitrogen and oxygen atoms in total. The van der Waals surface area contributed by atoms with Crippen LogP contribution in [0.25, 0.3) is 0 Å². The fourth-order valence-corrected chi connectivity index (χ4v) is 1.86. The minimum atomic E-state index is -1.17. The summed E-state index contributed by atoms with van der Waals surface area (Å²) in [5.74, 6) is -1.50. The van der Waals surface area contributed by atoms with Crippen LogP contribution in [0.15, 0.2) is 18.2 Å². The SMILES string of the molecule is O=C(O)c1cc(F)ccc1OC1CCNCC1. The van der Waals surface area contributed by atoms with E-state index in [9.17, 15) is 9.18 Å². The number of benzene rings is 1. The van der Waals surface area contributed by atoms with Crippen LogP contribution >= 0.6 is 0 Å². The summed E-state index contributed by atoms with van der Waals surface area (Å²) in [4.78, 5) is 11.0. The second-order valence-corrected chi connectivity index (χ2v) is 4.01. The van der Waals surface area contributed by atoms with Crippen LogP contribution in [0.3, 0.4) is 0 Å². The molecule has 1 aromatic carbocycles. The molecular weight excluding hydrogens is 225 g/mol. The van der Waals surface area contributed by atoms with Gasteiger partial charge in [0, 0.05) is 0 Å². The molecule has 0 aromatic heterocycles. The van der Waals surface area contributed by atoms with Gasteiger partial charge in [-0.2, -0.15) is 0 Å². The van der Waals surface area contributed by atoms with Gasteiger partial charge in [0.2, 0.25) is 0 Å². The number of piperidine rings is 1. The Bertz CT molecular complexity index is 416. The number of ether oxygens (including phenoxy) is 1. The standard InChI is InChI=1S/C12H14FNO3/c13-8-1-2-11(10(7-8)12(15)16)17-9-3-5-14-6-4-9/h1-2,7,9,14H,3-6H2,(H,15,16). The highest BCUT2D eigenvalue weighted by Crippen LogP contribution is 2.23. The molecule has 0 spiro atoms. The summed E-state index contributed by atoms with van der Waals surface area (Å²) >= 11 is 0.